The fourth-order valence-electron chi connectivity index (χ4n) is 3.37. The van der Waals surface area contributed by atoms with Gasteiger partial charge in [-0.3, -0.25) is 9.59 Å². The minimum atomic E-state index is -0.205. The van der Waals surface area contributed by atoms with Crippen LogP contribution < -0.4 is 10.3 Å². The maximum absolute atomic E-state index is 12.9. The Bertz CT molecular complexity index is 1240. The quantitative estimate of drug-likeness (QED) is 0.545. The number of carbonyl (C=O) groups excluding carboxylic acids is 1. The first-order valence-electron chi connectivity index (χ1n) is 9.39. The number of ether oxygens (including phenoxy) is 1. The number of H-pyrrole nitrogens is 1. The fourth-order valence-corrected chi connectivity index (χ4v) is 3.37. The molecule has 29 heavy (non-hydrogen) atoms. The van der Waals surface area contributed by atoms with Crippen LogP contribution in [0.15, 0.2) is 57.9 Å². The summed E-state index contributed by atoms with van der Waals surface area (Å²) >= 11 is 0. The number of furan rings is 1. The predicted octanol–water partition coefficient (Wildman–Crippen LogP) is 3.27. The van der Waals surface area contributed by atoms with E-state index < -0.39 is 0 Å². The highest BCUT2D eigenvalue weighted by Gasteiger charge is 2.17. The van der Waals surface area contributed by atoms with E-state index in [0.717, 1.165) is 10.9 Å². The number of hydrogen-bond donors (Lipinski definition) is 1. The van der Waals surface area contributed by atoms with Crippen LogP contribution in [0.4, 0.5) is 0 Å². The second kappa shape index (κ2) is 7.79. The van der Waals surface area contributed by atoms with E-state index in [1.165, 1.54) is 0 Å². The molecule has 1 amide bonds. The van der Waals surface area contributed by atoms with Gasteiger partial charge in [0.25, 0.3) is 5.56 Å². The van der Waals surface area contributed by atoms with Gasteiger partial charge in [0.2, 0.25) is 5.91 Å². The first kappa shape index (κ1) is 18.7. The topological polar surface area (TPSA) is 88.4 Å². The Morgan fingerprint density at radius 3 is 2.83 bits per heavy atom. The number of aromatic nitrogens is 2. The molecule has 0 bridgehead atoms. The van der Waals surface area contributed by atoms with Crippen molar-refractivity contribution >= 4 is 27.8 Å². The summed E-state index contributed by atoms with van der Waals surface area (Å²) in [6.45, 7) is 2.63. The number of aromatic amines is 1. The SMILES string of the molecule is CCN(Cc1nc2ccccc2c(=O)[nH]1)C(=O)Cc1coc2cc(OC)ccc12. The number of carbonyl (C=O) groups is 1. The smallest absolute Gasteiger partial charge is 0.258 e. The van der Waals surface area contributed by atoms with Crippen LogP contribution in [0.5, 0.6) is 5.75 Å². The van der Waals surface area contributed by atoms with Gasteiger partial charge in [0.05, 0.1) is 37.2 Å². The van der Waals surface area contributed by atoms with E-state index in [0.29, 0.717) is 34.6 Å². The number of rotatable bonds is 6. The van der Waals surface area contributed by atoms with Gasteiger partial charge in [0, 0.05) is 23.6 Å². The van der Waals surface area contributed by atoms with Gasteiger partial charge in [-0.15, -0.1) is 0 Å². The Hall–Kier alpha value is -3.61. The summed E-state index contributed by atoms with van der Waals surface area (Å²) in [5, 5.41) is 1.42. The van der Waals surface area contributed by atoms with Crippen molar-refractivity contribution in [1.29, 1.82) is 0 Å². The molecule has 2 aromatic heterocycles. The second-order valence-electron chi connectivity index (χ2n) is 6.74. The molecule has 0 radical (unpaired) electrons. The summed E-state index contributed by atoms with van der Waals surface area (Å²) in [4.78, 5) is 34.1. The molecular formula is C22H21N3O4. The van der Waals surface area contributed by atoms with Gasteiger partial charge in [0.1, 0.15) is 17.2 Å². The van der Waals surface area contributed by atoms with Crippen molar-refractivity contribution in [3.05, 3.63) is 70.5 Å². The summed E-state index contributed by atoms with van der Waals surface area (Å²) in [7, 11) is 1.60. The molecule has 0 spiro atoms. The standard InChI is InChI=1S/C22H21N3O4/c1-3-25(12-20-23-18-7-5-4-6-17(18)22(27)24-20)21(26)10-14-13-29-19-11-15(28-2)8-9-16(14)19/h4-9,11,13H,3,10,12H2,1-2H3,(H,23,24,27). The Labute approximate surface area is 166 Å². The van der Waals surface area contributed by atoms with E-state index in [4.69, 9.17) is 9.15 Å². The average molecular weight is 391 g/mol. The van der Waals surface area contributed by atoms with Crippen LogP contribution in [-0.2, 0) is 17.8 Å². The first-order chi connectivity index (χ1) is 14.1. The van der Waals surface area contributed by atoms with Crippen LogP contribution in [0.2, 0.25) is 0 Å². The molecule has 2 aromatic carbocycles. The molecule has 2 heterocycles. The van der Waals surface area contributed by atoms with Crippen molar-refractivity contribution < 1.29 is 13.9 Å². The molecule has 1 N–H and O–H groups in total. The predicted molar refractivity (Wildman–Crippen MR) is 110 cm³/mol. The lowest BCUT2D eigenvalue weighted by Crippen LogP contribution is -2.33. The van der Waals surface area contributed by atoms with Crippen molar-refractivity contribution in [1.82, 2.24) is 14.9 Å². The Morgan fingerprint density at radius 2 is 2.03 bits per heavy atom. The molecule has 0 unspecified atom stereocenters. The number of likely N-dealkylation sites (N-methyl/N-ethyl adjacent to an activating group) is 1. The third kappa shape index (κ3) is 3.71. The third-order valence-corrected chi connectivity index (χ3v) is 4.94. The van der Waals surface area contributed by atoms with Crippen LogP contribution in [0, 0.1) is 0 Å². The van der Waals surface area contributed by atoms with E-state index in [-0.39, 0.29) is 24.4 Å². The highest BCUT2D eigenvalue weighted by Crippen LogP contribution is 2.26. The third-order valence-electron chi connectivity index (χ3n) is 4.94. The number of para-hydroxylation sites is 1. The van der Waals surface area contributed by atoms with Gasteiger partial charge in [-0.1, -0.05) is 12.1 Å². The van der Waals surface area contributed by atoms with Crippen molar-refractivity contribution in [3.63, 3.8) is 0 Å². The number of fused-ring (bicyclic) bond motifs is 2. The van der Waals surface area contributed by atoms with Crippen LogP contribution in [0.3, 0.4) is 0 Å². The first-order valence-corrected chi connectivity index (χ1v) is 9.39. The van der Waals surface area contributed by atoms with E-state index in [2.05, 4.69) is 9.97 Å². The molecule has 4 aromatic rings. The van der Waals surface area contributed by atoms with Gasteiger partial charge >= 0.3 is 0 Å². The molecule has 0 aliphatic carbocycles. The number of methoxy groups -OCH3 is 1. The maximum atomic E-state index is 12.9. The number of benzene rings is 2. The summed E-state index contributed by atoms with van der Waals surface area (Å²) < 4.78 is 10.8. The van der Waals surface area contributed by atoms with Gasteiger partial charge in [-0.25, -0.2) is 4.98 Å². The minimum Gasteiger partial charge on any atom is -0.497 e. The van der Waals surface area contributed by atoms with Crippen molar-refractivity contribution in [2.24, 2.45) is 0 Å². The zero-order chi connectivity index (χ0) is 20.4. The van der Waals surface area contributed by atoms with Crippen LogP contribution in [-0.4, -0.2) is 34.4 Å². The summed E-state index contributed by atoms with van der Waals surface area (Å²) in [6.07, 6.45) is 1.80. The molecule has 148 valence electrons. The lowest BCUT2D eigenvalue weighted by Gasteiger charge is -2.20. The number of nitrogens with one attached hydrogen (secondary N) is 1. The molecule has 7 nitrogen and oxygen atoms in total. The highest BCUT2D eigenvalue weighted by atomic mass is 16.5. The van der Waals surface area contributed by atoms with Gasteiger partial charge in [-0.2, -0.15) is 0 Å². The van der Waals surface area contributed by atoms with Crippen LogP contribution in [0.1, 0.15) is 18.3 Å². The average Bonchev–Trinajstić information content (AvgIpc) is 3.13. The summed E-state index contributed by atoms with van der Waals surface area (Å²) in [5.74, 6) is 1.10. The van der Waals surface area contributed by atoms with Crippen molar-refractivity contribution in [2.45, 2.75) is 19.9 Å². The Morgan fingerprint density at radius 1 is 1.21 bits per heavy atom. The zero-order valence-electron chi connectivity index (χ0n) is 16.3. The molecule has 0 aliphatic heterocycles. The van der Waals surface area contributed by atoms with E-state index >= 15 is 0 Å². The summed E-state index contributed by atoms with van der Waals surface area (Å²) in [5.41, 5.74) is 1.90. The van der Waals surface area contributed by atoms with Gasteiger partial charge < -0.3 is 19.0 Å². The van der Waals surface area contributed by atoms with E-state index in [1.54, 1.807) is 42.5 Å². The Kier molecular flexibility index (Phi) is 5.03. The minimum absolute atomic E-state index is 0.0678. The van der Waals surface area contributed by atoms with Crippen molar-refractivity contribution in [2.75, 3.05) is 13.7 Å². The fraction of sp³-hybridized carbons (Fsp3) is 0.227. The molecule has 4 rings (SSSR count). The van der Waals surface area contributed by atoms with Crippen LogP contribution in [0.25, 0.3) is 21.9 Å². The molecule has 0 saturated heterocycles. The van der Waals surface area contributed by atoms with Crippen molar-refractivity contribution in [3.8, 4) is 5.75 Å². The molecule has 7 heteroatoms. The van der Waals surface area contributed by atoms with Gasteiger partial charge in [-0.05, 0) is 31.2 Å². The van der Waals surface area contributed by atoms with Crippen LogP contribution >= 0.6 is 0 Å². The maximum Gasteiger partial charge on any atom is 0.258 e. The molecule has 0 aliphatic rings. The number of amides is 1. The largest absolute Gasteiger partial charge is 0.497 e. The normalized spacial score (nSPS) is 11.1. The number of hydrogen-bond acceptors (Lipinski definition) is 5. The molecule has 0 atom stereocenters. The van der Waals surface area contributed by atoms with E-state index in [1.807, 2.05) is 25.1 Å². The Balaban J connectivity index is 1.55. The summed E-state index contributed by atoms with van der Waals surface area (Å²) in [6, 6.07) is 12.7. The monoisotopic (exact) mass is 391 g/mol. The molecular weight excluding hydrogens is 370 g/mol. The lowest BCUT2D eigenvalue weighted by atomic mass is 10.1. The molecule has 0 saturated carbocycles. The molecule has 0 fully saturated rings. The zero-order valence-corrected chi connectivity index (χ0v) is 16.3. The number of nitrogens with zero attached hydrogens (tertiary/aromatic N) is 2. The second-order valence-corrected chi connectivity index (χ2v) is 6.74. The van der Waals surface area contributed by atoms with Gasteiger partial charge in [0.15, 0.2) is 0 Å². The van der Waals surface area contributed by atoms with E-state index in [9.17, 15) is 9.59 Å². The lowest BCUT2D eigenvalue weighted by molar-refractivity contribution is -0.131. The highest BCUT2D eigenvalue weighted by molar-refractivity contribution is 5.88.